The molecule has 0 saturated heterocycles. The van der Waals surface area contributed by atoms with Crippen molar-refractivity contribution in [1.82, 2.24) is 5.32 Å². The Morgan fingerprint density at radius 2 is 1.93 bits per heavy atom. The lowest BCUT2D eigenvalue weighted by molar-refractivity contribution is 0.208. The summed E-state index contributed by atoms with van der Waals surface area (Å²) in [4.78, 5) is 0. The van der Waals surface area contributed by atoms with Gasteiger partial charge in [0.05, 0.1) is 0 Å². The first-order valence-corrected chi connectivity index (χ1v) is 6.48. The number of hydrogen-bond acceptors (Lipinski definition) is 2. The maximum atomic E-state index is 5.72. The summed E-state index contributed by atoms with van der Waals surface area (Å²) >= 11 is 0. The monoisotopic (exact) mass is 212 g/mol. The largest absolute Gasteiger partial charge is 0.328 e. The van der Waals surface area contributed by atoms with Crippen molar-refractivity contribution in [3.05, 3.63) is 0 Å². The van der Waals surface area contributed by atoms with Gasteiger partial charge in [-0.25, -0.2) is 0 Å². The quantitative estimate of drug-likeness (QED) is 0.664. The highest BCUT2D eigenvalue weighted by atomic mass is 14.9. The normalized spacial score (nSPS) is 20.8. The van der Waals surface area contributed by atoms with E-state index in [1.807, 2.05) is 0 Å². The first-order valence-electron chi connectivity index (χ1n) is 6.48. The molecule has 0 heterocycles. The van der Waals surface area contributed by atoms with E-state index in [1.165, 1.54) is 25.7 Å². The molecule has 0 spiro atoms. The molecule has 2 nitrogen and oxygen atoms in total. The molecule has 15 heavy (non-hydrogen) atoms. The molecule has 3 N–H and O–H groups in total. The molecular weight excluding hydrogens is 184 g/mol. The van der Waals surface area contributed by atoms with Gasteiger partial charge in [0.15, 0.2) is 0 Å². The van der Waals surface area contributed by atoms with Crippen molar-refractivity contribution in [1.29, 1.82) is 0 Å². The van der Waals surface area contributed by atoms with Crippen LogP contribution in [0.3, 0.4) is 0 Å². The second-order valence-corrected chi connectivity index (χ2v) is 5.91. The van der Waals surface area contributed by atoms with Crippen molar-refractivity contribution >= 4 is 0 Å². The summed E-state index contributed by atoms with van der Waals surface area (Å²) in [6.45, 7) is 9.09. The van der Waals surface area contributed by atoms with E-state index in [0.29, 0.717) is 11.5 Å². The molecule has 0 aromatic heterocycles. The number of nitrogens with one attached hydrogen (secondary N) is 1. The fourth-order valence-electron chi connectivity index (χ4n) is 2.59. The molecule has 1 aliphatic rings. The molecule has 0 aliphatic heterocycles. The Morgan fingerprint density at radius 3 is 2.47 bits per heavy atom. The van der Waals surface area contributed by atoms with Crippen LogP contribution in [-0.4, -0.2) is 19.1 Å². The molecule has 0 bridgehead atoms. The van der Waals surface area contributed by atoms with Gasteiger partial charge in [-0.3, -0.25) is 0 Å². The molecule has 1 rings (SSSR count). The Hall–Kier alpha value is -0.0800. The Bertz CT molecular complexity index is 169. The maximum Gasteiger partial charge on any atom is 0.00225 e. The summed E-state index contributed by atoms with van der Waals surface area (Å²) in [6.07, 6.45) is 6.83. The highest BCUT2D eigenvalue weighted by Gasteiger charge is 2.31. The molecule has 2 heteroatoms. The second-order valence-electron chi connectivity index (χ2n) is 5.91. The molecule has 0 amide bonds. The fraction of sp³-hybridized carbons (Fsp3) is 1.00. The van der Waals surface area contributed by atoms with Crippen LogP contribution in [0.2, 0.25) is 0 Å². The van der Waals surface area contributed by atoms with Gasteiger partial charge in [0.2, 0.25) is 0 Å². The van der Waals surface area contributed by atoms with Gasteiger partial charge in [0.25, 0.3) is 0 Å². The van der Waals surface area contributed by atoms with E-state index in [0.717, 1.165) is 25.4 Å². The molecule has 1 unspecified atom stereocenters. The summed E-state index contributed by atoms with van der Waals surface area (Å²) in [6, 6.07) is 0.326. The van der Waals surface area contributed by atoms with Crippen molar-refractivity contribution in [2.24, 2.45) is 17.1 Å². The zero-order valence-electron chi connectivity index (χ0n) is 10.7. The van der Waals surface area contributed by atoms with Crippen molar-refractivity contribution in [3.8, 4) is 0 Å². The van der Waals surface area contributed by atoms with Crippen LogP contribution in [0, 0.1) is 11.3 Å². The van der Waals surface area contributed by atoms with Gasteiger partial charge in [0.1, 0.15) is 0 Å². The van der Waals surface area contributed by atoms with Crippen LogP contribution in [0.15, 0.2) is 0 Å². The Kier molecular flexibility index (Phi) is 5.07. The lowest BCUT2D eigenvalue weighted by Gasteiger charge is -2.32. The van der Waals surface area contributed by atoms with Crippen LogP contribution in [-0.2, 0) is 0 Å². The minimum atomic E-state index is 0.326. The Balaban J connectivity index is 2.17. The standard InChI is InChI=1S/C13H28N2/c1-11(14)8-9-15-10-13(2,3)12-6-4-5-7-12/h11-12,15H,4-10,14H2,1-3H3. The van der Waals surface area contributed by atoms with Crippen molar-refractivity contribution in [2.75, 3.05) is 13.1 Å². The first kappa shape index (κ1) is 13.0. The average molecular weight is 212 g/mol. The van der Waals surface area contributed by atoms with Crippen LogP contribution in [0.4, 0.5) is 0 Å². The predicted octanol–water partition coefficient (Wildman–Crippen LogP) is 2.53. The molecule has 1 fully saturated rings. The van der Waals surface area contributed by atoms with Crippen LogP contribution < -0.4 is 11.1 Å². The zero-order chi connectivity index (χ0) is 11.3. The third-order valence-electron chi connectivity index (χ3n) is 3.82. The molecule has 0 aromatic carbocycles. The van der Waals surface area contributed by atoms with Gasteiger partial charge in [0, 0.05) is 12.6 Å². The van der Waals surface area contributed by atoms with E-state index in [1.54, 1.807) is 0 Å². The fourth-order valence-corrected chi connectivity index (χ4v) is 2.59. The minimum absolute atomic E-state index is 0.326. The summed E-state index contributed by atoms with van der Waals surface area (Å²) in [5.41, 5.74) is 6.19. The summed E-state index contributed by atoms with van der Waals surface area (Å²) in [7, 11) is 0. The zero-order valence-corrected chi connectivity index (χ0v) is 10.7. The minimum Gasteiger partial charge on any atom is -0.328 e. The van der Waals surface area contributed by atoms with Gasteiger partial charge < -0.3 is 11.1 Å². The molecular formula is C13H28N2. The molecule has 1 aliphatic carbocycles. The van der Waals surface area contributed by atoms with Crippen molar-refractivity contribution in [3.63, 3.8) is 0 Å². The summed E-state index contributed by atoms with van der Waals surface area (Å²) < 4.78 is 0. The third-order valence-corrected chi connectivity index (χ3v) is 3.82. The van der Waals surface area contributed by atoms with Crippen molar-refractivity contribution in [2.45, 2.75) is 58.9 Å². The first-order chi connectivity index (χ1) is 7.02. The lowest BCUT2D eigenvalue weighted by atomic mass is 9.78. The summed E-state index contributed by atoms with van der Waals surface area (Å²) in [5.74, 6) is 0.931. The van der Waals surface area contributed by atoms with E-state index in [2.05, 4.69) is 26.1 Å². The molecule has 1 atom stereocenters. The highest BCUT2D eigenvalue weighted by Crippen LogP contribution is 2.38. The number of rotatable bonds is 6. The van der Waals surface area contributed by atoms with Crippen LogP contribution in [0.25, 0.3) is 0 Å². The third kappa shape index (κ3) is 4.52. The molecule has 90 valence electrons. The highest BCUT2D eigenvalue weighted by molar-refractivity contribution is 4.83. The van der Waals surface area contributed by atoms with Gasteiger partial charge in [-0.1, -0.05) is 26.7 Å². The van der Waals surface area contributed by atoms with Gasteiger partial charge in [-0.15, -0.1) is 0 Å². The van der Waals surface area contributed by atoms with E-state index in [4.69, 9.17) is 5.73 Å². The maximum absolute atomic E-state index is 5.72. The lowest BCUT2D eigenvalue weighted by Crippen LogP contribution is -2.36. The van der Waals surface area contributed by atoms with Crippen molar-refractivity contribution < 1.29 is 0 Å². The van der Waals surface area contributed by atoms with E-state index in [9.17, 15) is 0 Å². The van der Waals surface area contributed by atoms with Crippen LogP contribution in [0.5, 0.6) is 0 Å². The smallest absolute Gasteiger partial charge is 0.00225 e. The van der Waals surface area contributed by atoms with Gasteiger partial charge >= 0.3 is 0 Å². The summed E-state index contributed by atoms with van der Waals surface area (Å²) in [5, 5.41) is 3.55. The molecule has 0 aromatic rings. The predicted molar refractivity (Wildman–Crippen MR) is 66.9 cm³/mol. The Morgan fingerprint density at radius 1 is 1.33 bits per heavy atom. The van der Waals surface area contributed by atoms with E-state index in [-0.39, 0.29) is 0 Å². The SMILES string of the molecule is CC(N)CCNCC(C)(C)C1CCCC1. The van der Waals surface area contributed by atoms with Crippen LogP contribution >= 0.6 is 0 Å². The molecule has 1 saturated carbocycles. The van der Waals surface area contributed by atoms with Gasteiger partial charge in [-0.05, 0) is 44.1 Å². The average Bonchev–Trinajstić information content (AvgIpc) is 2.65. The van der Waals surface area contributed by atoms with Crippen LogP contribution in [0.1, 0.15) is 52.9 Å². The van der Waals surface area contributed by atoms with Gasteiger partial charge in [-0.2, -0.15) is 0 Å². The molecule has 0 radical (unpaired) electrons. The second kappa shape index (κ2) is 5.86. The number of hydrogen-bond donors (Lipinski definition) is 2. The topological polar surface area (TPSA) is 38.0 Å². The van der Waals surface area contributed by atoms with E-state index >= 15 is 0 Å². The number of nitrogens with two attached hydrogens (primary N) is 1. The Labute approximate surface area is 95.0 Å². The van der Waals surface area contributed by atoms with E-state index < -0.39 is 0 Å².